The Morgan fingerprint density at radius 2 is 0.783 bits per heavy atom. The smallest absolute Gasteiger partial charge is 0.0271 e. The summed E-state index contributed by atoms with van der Waals surface area (Å²) >= 11 is 0. The molecule has 0 aliphatic rings. The summed E-state index contributed by atoms with van der Waals surface area (Å²) in [4.78, 5) is 0. The highest BCUT2D eigenvalue weighted by molar-refractivity contribution is 5.42. The van der Waals surface area contributed by atoms with Crippen LogP contribution in [0.25, 0.3) is 0 Å². The molecule has 0 saturated carbocycles. The van der Waals surface area contributed by atoms with Gasteiger partial charge in [0.25, 0.3) is 0 Å². The molecular formula is C60H132. The van der Waals surface area contributed by atoms with E-state index in [1.807, 2.05) is 82.2 Å². The number of hydrogen-bond acceptors (Lipinski definition) is 0. The summed E-state index contributed by atoms with van der Waals surface area (Å²) in [6.45, 7) is 68.3. The maximum atomic E-state index is 4.07. The van der Waals surface area contributed by atoms with Crippen molar-refractivity contribution in [1.82, 2.24) is 0 Å². The number of rotatable bonds is 11. The summed E-state index contributed by atoms with van der Waals surface area (Å²) in [5.41, 5.74) is 11.1. The molecule has 0 aromatic carbocycles. The van der Waals surface area contributed by atoms with Crippen LogP contribution in [0.3, 0.4) is 0 Å². The van der Waals surface area contributed by atoms with Crippen LogP contribution >= 0.6 is 0 Å². The average molecular weight is 854 g/mol. The first-order chi connectivity index (χ1) is 24.8. The van der Waals surface area contributed by atoms with Gasteiger partial charge < -0.3 is 0 Å². The number of hydrogen-bond donors (Lipinski definition) is 0. The van der Waals surface area contributed by atoms with E-state index in [9.17, 15) is 0 Å². The molecule has 0 aliphatic heterocycles. The molecule has 0 N–H and O–H groups in total. The monoisotopic (exact) mass is 853 g/mol. The van der Waals surface area contributed by atoms with Crippen molar-refractivity contribution in [1.29, 1.82) is 0 Å². The molecule has 0 heterocycles. The van der Waals surface area contributed by atoms with Crippen LogP contribution in [0, 0.1) is 0 Å². The van der Waals surface area contributed by atoms with Crippen LogP contribution < -0.4 is 0 Å². The summed E-state index contributed by atoms with van der Waals surface area (Å²) in [6, 6.07) is 0. The van der Waals surface area contributed by atoms with Crippen LogP contribution in [0.5, 0.6) is 0 Å². The Morgan fingerprint density at radius 3 is 0.950 bits per heavy atom. The lowest BCUT2D eigenvalue weighted by atomic mass is 10.0. The lowest BCUT2D eigenvalue weighted by Crippen LogP contribution is -1.85. The predicted molar refractivity (Wildman–Crippen MR) is 312 cm³/mol. The maximum Gasteiger partial charge on any atom is -0.0271 e. The highest BCUT2D eigenvalue weighted by atomic mass is 14.0. The second-order valence-corrected chi connectivity index (χ2v) is 12.2. The predicted octanol–water partition coefficient (Wildman–Crippen LogP) is 25.1. The van der Waals surface area contributed by atoms with Crippen molar-refractivity contribution in [2.45, 2.75) is 263 Å². The summed E-state index contributed by atoms with van der Waals surface area (Å²) in [5.74, 6) is 0. The zero-order valence-corrected chi connectivity index (χ0v) is 41.6. The van der Waals surface area contributed by atoms with Gasteiger partial charge in [-0.15, -0.1) is 13.2 Å². The standard InChI is InChI=1S/C14H22.C13H20.C6H12.C4H8.C4H10.C3H8.C3H6.3C2H6.7CH4/c1-6-8-14(9-7-2)13(5)11-10-12(3)4;1-7-13(9-11(4)5)12(6)8-10(2)3;1-4-5-6(2)3;1-4(2)3;1-3-4-2;2*1-3-2;3*1-2;;;;;;;/h8,10-11H,3,5-7,9H2,1-2,4H3;7-9H,2H2,1,3-6H3;5H,4H2,1-3H3;1H2,2-3H3;3-4H2,1-2H3;3H2,1-2H3;3H,1H2,2H3;3*1-2H3;7*1H4/b11-10-,14-8+;12-8+,13-7+;;;;;;;;;;;;;;;. The van der Waals surface area contributed by atoms with Crippen molar-refractivity contribution in [3.63, 3.8) is 0 Å². The van der Waals surface area contributed by atoms with E-state index in [1.54, 1.807) is 6.08 Å². The van der Waals surface area contributed by atoms with Crippen LogP contribution in [0.4, 0.5) is 0 Å². The van der Waals surface area contributed by atoms with Gasteiger partial charge in [-0.2, -0.15) is 0 Å². The molecule has 0 unspecified atom stereocenters. The molecule has 0 nitrogen and oxygen atoms in total. The molecule has 0 atom stereocenters. The fourth-order valence-corrected chi connectivity index (χ4v) is 2.86. The molecule has 0 amide bonds. The summed E-state index contributed by atoms with van der Waals surface area (Å²) in [7, 11) is 0. The van der Waals surface area contributed by atoms with Crippen molar-refractivity contribution >= 4 is 0 Å². The Hall–Kier alpha value is -2.86. The Labute approximate surface area is 393 Å². The zero-order chi connectivity index (χ0) is 44.8. The third-order valence-electron chi connectivity index (χ3n) is 4.74. The van der Waals surface area contributed by atoms with E-state index in [1.165, 1.54) is 65.5 Å². The van der Waals surface area contributed by atoms with Crippen molar-refractivity contribution in [3.8, 4) is 0 Å². The maximum absolute atomic E-state index is 4.07. The summed E-state index contributed by atoms with van der Waals surface area (Å²) < 4.78 is 0. The SMILES string of the molecule is C.C.C.C.C.C.C.C=C(C)/C=C(C)/C(C=C(C)C)=C/C.C=C(C)/C=C\C(=C)/C(=C/CC)CCC.C=C(C)C.C=CC.CC.CC.CC.CCC.CCC=C(C)C.CCCC. The summed E-state index contributed by atoms with van der Waals surface area (Å²) in [6.07, 6.45) is 25.1. The van der Waals surface area contributed by atoms with E-state index < -0.39 is 0 Å². The van der Waals surface area contributed by atoms with E-state index in [4.69, 9.17) is 0 Å². The van der Waals surface area contributed by atoms with Gasteiger partial charge in [-0.3, -0.25) is 0 Å². The van der Waals surface area contributed by atoms with Crippen molar-refractivity contribution < 1.29 is 0 Å². The average Bonchev–Trinajstić information content (AvgIpc) is 3.09. The minimum Gasteiger partial charge on any atom is -0.103 e. The molecule has 372 valence electrons. The van der Waals surface area contributed by atoms with Crippen molar-refractivity contribution in [2.24, 2.45) is 0 Å². The lowest BCUT2D eigenvalue weighted by Gasteiger charge is -2.05. The van der Waals surface area contributed by atoms with Gasteiger partial charge in [0.2, 0.25) is 0 Å². The van der Waals surface area contributed by atoms with Gasteiger partial charge in [-0.25, -0.2) is 0 Å². The molecule has 0 saturated heterocycles. The molecule has 0 aliphatic carbocycles. The molecule has 0 spiro atoms. The topological polar surface area (TPSA) is 0 Å². The molecular weight excluding hydrogens is 721 g/mol. The first-order valence-corrected chi connectivity index (χ1v) is 21.0. The normalized spacial score (nSPS) is 8.10. The molecule has 0 aromatic heterocycles. The molecule has 0 rings (SSSR count). The molecule has 0 fully saturated rings. The Bertz CT molecular complexity index is 930. The highest BCUT2D eigenvalue weighted by Crippen LogP contribution is 2.17. The zero-order valence-electron chi connectivity index (χ0n) is 41.6. The third kappa shape index (κ3) is 178. The fourth-order valence-electron chi connectivity index (χ4n) is 2.86. The Kier molecular flexibility index (Phi) is 208. The van der Waals surface area contributed by atoms with Crippen LogP contribution in [-0.4, -0.2) is 0 Å². The van der Waals surface area contributed by atoms with E-state index in [-0.39, 0.29) is 52.0 Å². The van der Waals surface area contributed by atoms with E-state index in [0.717, 1.165) is 29.6 Å². The van der Waals surface area contributed by atoms with Gasteiger partial charge in [0, 0.05) is 0 Å². The minimum absolute atomic E-state index is 0. The van der Waals surface area contributed by atoms with E-state index >= 15 is 0 Å². The minimum atomic E-state index is 0. The quantitative estimate of drug-likeness (QED) is 0.143. The van der Waals surface area contributed by atoms with Gasteiger partial charge in [-0.05, 0) is 118 Å². The lowest BCUT2D eigenvalue weighted by molar-refractivity contribution is 0.886. The van der Waals surface area contributed by atoms with Crippen LogP contribution in [0.1, 0.15) is 263 Å². The van der Waals surface area contributed by atoms with E-state index in [0.29, 0.717) is 0 Å². The first kappa shape index (κ1) is 112. The summed E-state index contributed by atoms with van der Waals surface area (Å²) in [5, 5.41) is 0. The molecule has 0 heteroatoms. The fraction of sp³-hybridized carbons (Fsp3) is 0.633. The molecule has 0 radical (unpaired) electrons. The van der Waals surface area contributed by atoms with Crippen LogP contribution in [-0.2, 0) is 0 Å². The Balaban J connectivity index is -0.0000000246. The molecule has 0 bridgehead atoms. The number of unbranched alkanes of at least 4 members (excludes halogenated alkanes) is 1. The number of allylic oxidation sites excluding steroid dienone is 17. The van der Waals surface area contributed by atoms with E-state index in [2.05, 4.69) is 159 Å². The first-order valence-electron chi connectivity index (χ1n) is 21.0. The third-order valence-corrected chi connectivity index (χ3v) is 4.74. The Morgan fingerprint density at radius 1 is 0.467 bits per heavy atom. The second-order valence-electron chi connectivity index (χ2n) is 12.2. The van der Waals surface area contributed by atoms with Gasteiger partial charge in [-0.1, -0.05) is 264 Å². The van der Waals surface area contributed by atoms with Crippen LogP contribution in [0.15, 0.2) is 132 Å². The van der Waals surface area contributed by atoms with Gasteiger partial charge in [0.05, 0.1) is 0 Å². The largest absolute Gasteiger partial charge is 0.103 e. The molecule has 0 aromatic rings. The van der Waals surface area contributed by atoms with Gasteiger partial charge in [0.1, 0.15) is 0 Å². The van der Waals surface area contributed by atoms with Crippen molar-refractivity contribution in [3.05, 3.63) is 132 Å². The van der Waals surface area contributed by atoms with Gasteiger partial charge >= 0.3 is 0 Å². The highest BCUT2D eigenvalue weighted by Gasteiger charge is 1.97. The van der Waals surface area contributed by atoms with Crippen molar-refractivity contribution in [2.75, 3.05) is 0 Å². The molecule has 60 heavy (non-hydrogen) atoms. The van der Waals surface area contributed by atoms with Crippen LogP contribution in [0.2, 0.25) is 0 Å². The van der Waals surface area contributed by atoms with Gasteiger partial charge in [0.15, 0.2) is 0 Å². The second kappa shape index (κ2) is 111.